The Bertz CT molecular complexity index is 5910. The van der Waals surface area contributed by atoms with Gasteiger partial charge in [-0.3, -0.25) is 14.4 Å². The Balaban J connectivity index is 0.000000118. The number of fused-ring (bicyclic) bond motifs is 21. The largest absolute Gasteiger partial charge is 0.474 e. The molecule has 9 aromatic heterocycles. The molecule has 0 radical (unpaired) electrons. The minimum absolute atomic E-state index is 0.152. The van der Waals surface area contributed by atoms with Gasteiger partial charge in [0.25, 0.3) is 47.8 Å². The maximum Gasteiger partial charge on any atom is 0.281 e. The molecular formula is C96H117N21O15S3. The molecule has 39 heteroatoms. The molecule has 9 N–H and O–H groups in total. The number of carbonyl (C=O) groups is 3. The lowest BCUT2D eigenvalue weighted by molar-refractivity contribution is 0.0767. The van der Waals surface area contributed by atoms with E-state index in [1.807, 2.05) is 0 Å². The molecule has 9 aliphatic carbocycles. The first kappa shape index (κ1) is 89.1. The number of sulfonamides is 3. The first-order chi connectivity index (χ1) is 64.5. The van der Waals surface area contributed by atoms with E-state index in [1.165, 1.54) is 95.2 Å². The van der Waals surface area contributed by atoms with E-state index in [2.05, 4.69) is 117 Å². The second kappa shape index (κ2) is 32.3. The van der Waals surface area contributed by atoms with Crippen molar-refractivity contribution in [2.45, 2.75) is 226 Å². The molecule has 3 amide bonds. The van der Waals surface area contributed by atoms with Crippen LogP contribution in [-0.4, -0.2) is 212 Å². The van der Waals surface area contributed by atoms with Crippen molar-refractivity contribution in [3.63, 3.8) is 0 Å². The average Bonchev–Trinajstić information content (AvgIpc) is 1.45. The number of carbonyl (C=O) groups excluding carboxylic acids is 3. The van der Waals surface area contributed by atoms with Crippen LogP contribution in [-0.2, 0) is 30.1 Å². The quantitative estimate of drug-likeness (QED) is 0.0460. The topological polar surface area (TPSA) is 455 Å². The third-order valence-corrected chi connectivity index (χ3v) is 36.4. The Morgan fingerprint density at radius 2 is 0.622 bits per heavy atom. The van der Waals surface area contributed by atoms with Gasteiger partial charge in [-0.2, -0.15) is 25.3 Å². The number of hydrogen-bond donors (Lipinski definition) is 9. The molecular weight excluding hydrogens is 1780 g/mol. The molecule has 9 saturated carbocycles. The summed E-state index contributed by atoms with van der Waals surface area (Å²) < 4.78 is 109. The number of nitrogens with zero attached hydrogens (tertiary/aromatic N) is 15. The Labute approximate surface area is 784 Å². The minimum Gasteiger partial charge on any atom is -0.474 e. The van der Waals surface area contributed by atoms with Gasteiger partial charge in [-0.1, -0.05) is 18.2 Å². The summed E-state index contributed by atoms with van der Waals surface area (Å²) >= 11 is 0. The van der Waals surface area contributed by atoms with Gasteiger partial charge in [-0.15, -0.1) is 15.3 Å². The van der Waals surface area contributed by atoms with Crippen molar-refractivity contribution >= 4 is 82.7 Å². The van der Waals surface area contributed by atoms with Crippen LogP contribution in [0.1, 0.15) is 207 Å². The third kappa shape index (κ3) is 16.1. The number of ether oxygens (including phenoxy) is 3. The van der Waals surface area contributed by atoms with Gasteiger partial charge in [0.15, 0.2) is 32.5 Å². The second-order valence-corrected chi connectivity index (χ2v) is 47.4. The van der Waals surface area contributed by atoms with E-state index in [-0.39, 0.29) is 68.2 Å². The molecule has 135 heavy (non-hydrogen) atoms. The summed E-state index contributed by atoms with van der Waals surface area (Å²) in [4.78, 5) is 74.7. The zero-order chi connectivity index (χ0) is 93.6. The van der Waals surface area contributed by atoms with Crippen molar-refractivity contribution in [1.82, 2.24) is 73.4 Å². The summed E-state index contributed by atoms with van der Waals surface area (Å²) in [5.74, 6) is 4.88. The predicted molar refractivity (Wildman–Crippen MR) is 497 cm³/mol. The van der Waals surface area contributed by atoms with Crippen LogP contribution in [0.25, 0.3) is 17.5 Å². The monoisotopic (exact) mass is 1900 g/mol. The van der Waals surface area contributed by atoms with Crippen molar-refractivity contribution < 1.29 is 69.2 Å². The molecule has 12 bridgehead atoms. The van der Waals surface area contributed by atoms with Crippen LogP contribution in [0.15, 0.2) is 143 Å². The number of nitrogens with one attached hydrogen (secondary N) is 6. The highest BCUT2D eigenvalue weighted by atomic mass is 32.2. The molecule has 3 saturated heterocycles. The zero-order valence-electron chi connectivity index (χ0n) is 76.7. The highest BCUT2D eigenvalue weighted by molar-refractivity contribution is 7.90. The lowest BCUT2D eigenvalue weighted by Crippen LogP contribution is -2.41. The maximum absolute atomic E-state index is 13.6. The smallest absolute Gasteiger partial charge is 0.281 e. The van der Waals surface area contributed by atoms with E-state index in [1.54, 1.807) is 124 Å². The molecule has 714 valence electrons. The fraction of sp³-hybridized carbons (Fsp3) is 0.562. The fourth-order valence-electron chi connectivity index (χ4n) is 25.7. The zero-order valence-corrected chi connectivity index (χ0v) is 79.2. The van der Waals surface area contributed by atoms with Crippen LogP contribution in [0.2, 0.25) is 0 Å². The summed E-state index contributed by atoms with van der Waals surface area (Å²) in [5.41, 5.74) is 1.81. The lowest BCUT2D eigenvalue weighted by Gasteiger charge is -2.34. The van der Waals surface area contributed by atoms with E-state index >= 15 is 0 Å². The van der Waals surface area contributed by atoms with Crippen molar-refractivity contribution in [3.8, 4) is 35.1 Å². The van der Waals surface area contributed by atoms with Gasteiger partial charge in [0.1, 0.15) is 54.7 Å². The SMILES string of the molecule is CC1(C)C[C@@H]2CCCNc3cccc(n3)S(=O)(=O)NC(=O)c3ccc(-n4ccc(OCC(O)C5C6(CC6)C56CC6)n4)nc3N1C2.CC1(C)C[C@@H]2CCCNc3cccc(n3)S(=O)(=O)NC(=O)c3ccc(-n4ccc(OCC(O)C5C6(CC6)C56CC6)n4)nc3N1C2.CC1(C)C[C@@H]2CCCNc3cccc(n3)S(=O)(=O)NC(=O)c3ccc(-n4ccc(OCC(O)C5C6(CC6)C56CC6)n4)nc3N1C2. The van der Waals surface area contributed by atoms with Gasteiger partial charge in [0.05, 0.1) is 35.0 Å². The lowest BCUT2D eigenvalue weighted by atomic mass is 9.93. The van der Waals surface area contributed by atoms with Crippen molar-refractivity contribution in [2.75, 3.05) is 89.7 Å². The first-order valence-corrected chi connectivity index (χ1v) is 52.3. The average molecular weight is 1900 g/mol. The molecule has 24 rings (SSSR count). The predicted octanol–water partition coefficient (Wildman–Crippen LogP) is 10.6. The number of aliphatic hydroxyl groups excluding tert-OH is 3. The number of pyridine rings is 6. The van der Waals surface area contributed by atoms with Gasteiger partial charge >= 0.3 is 0 Å². The highest BCUT2D eigenvalue weighted by Crippen LogP contribution is 2.95. The Morgan fingerprint density at radius 3 is 0.874 bits per heavy atom. The molecule has 12 fully saturated rings. The summed E-state index contributed by atoms with van der Waals surface area (Å²) in [7, 11) is -12.7. The highest BCUT2D eigenvalue weighted by Gasteiger charge is 2.89. The van der Waals surface area contributed by atoms with E-state index in [9.17, 15) is 55.0 Å². The summed E-state index contributed by atoms with van der Waals surface area (Å²) in [6.45, 7) is 17.3. The molecule has 15 aliphatic rings. The van der Waals surface area contributed by atoms with Gasteiger partial charge in [-0.05, 0) is 299 Å². The number of anilines is 6. The molecule has 0 aromatic carbocycles. The van der Waals surface area contributed by atoms with Crippen LogP contribution < -0.4 is 59.0 Å². The summed E-state index contributed by atoms with van der Waals surface area (Å²) in [6, 6.07) is 29.0. The van der Waals surface area contributed by atoms with Gasteiger partial charge in [0.2, 0.25) is 17.6 Å². The molecule has 6 aliphatic heterocycles. The number of hydrogen-bond acceptors (Lipinski definition) is 30. The van der Waals surface area contributed by atoms with Crippen molar-refractivity contribution in [2.24, 2.45) is 68.0 Å². The first-order valence-electron chi connectivity index (χ1n) is 47.9. The van der Waals surface area contributed by atoms with E-state index < -0.39 is 66.1 Å². The Morgan fingerprint density at radius 1 is 0.363 bits per heavy atom. The number of aromatic nitrogens is 12. The van der Waals surface area contributed by atoms with Gasteiger partial charge < -0.3 is 60.2 Å². The van der Waals surface area contributed by atoms with Crippen molar-refractivity contribution in [3.05, 3.63) is 144 Å². The van der Waals surface area contributed by atoms with Crippen LogP contribution in [0, 0.1) is 68.0 Å². The summed E-state index contributed by atoms with van der Waals surface area (Å²) in [5, 5.41) is 55.3. The van der Waals surface area contributed by atoms with E-state index in [4.69, 9.17) is 29.2 Å². The van der Waals surface area contributed by atoms with Crippen LogP contribution >= 0.6 is 0 Å². The Kier molecular flexibility index (Phi) is 21.3. The summed E-state index contributed by atoms with van der Waals surface area (Å²) in [6.07, 6.45) is 26.7. The van der Waals surface area contributed by atoms with Crippen LogP contribution in [0.3, 0.4) is 0 Å². The van der Waals surface area contributed by atoms with Gasteiger partial charge in [-0.25, -0.2) is 58.1 Å². The standard InChI is InChI=1S/3C32H39N7O5S/c3*1-30(2)17-20-5-4-15-33-23-6-3-7-26(34-23)45(42,43)37-29(41)21-8-9-24(35-28(21)38(30)18-20)39-16-10-25(36-39)44-19-22(40)27-31(11-12-31)32(27)13-14-32/h3*3,6-10,16,20,22,27,40H,4-5,11-15,17-19H2,1-2H3,(H,33,34)(H,37,41)/t3*20-,22?/m000/s1. The maximum atomic E-state index is 13.6. The second-order valence-electron chi connectivity index (χ2n) is 42.5. The normalized spacial score (nSPS) is 25.8. The van der Waals surface area contributed by atoms with Gasteiger partial charge in [0, 0.05) is 110 Å². The third-order valence-electron chi connectivity index (χ3n) is 32.7. The Hall–Kier alpha value is -11.1. The number of aliphatic hydroxyl groups is 3. The van der Waals surface area contributed by atoms with Crippen LogP contribution in [0.4, 0.5) is 34.9 Å². The van der Waals surface area contributed by atoms with Crippen LogP contribution in [0.5, 0.6) is 17.6 Å². The molecule has 3 unspecified atom stereocenters. The van der Waals surface area contributed by atoms with E-state index in [0.717, 1.165) is 57.8 Å². The molecule has 36 nitrogen and oxygen atoms in total. The van der Waals surface area contributed by atoms with Crippen molar-refractivity contribution in [1.29, 1.82) is 0 Å². The number of rotatable bonds is 15. The molecule has 9 aromatic rings. The van der Waals surface area contributed by atoms with E-state index in [0.29, 0.717) is 177 Å². The molecule has 6 spiro atoms. The molecule has 6 atom stereocenters. The fourth-order valence-corrected chi connectivity index (χ4v) is 28.5. The molecule has 15 heterocycles. The minimum atomic E-state index is -4.25. The number of amides is 3.